The summed E-state index contributed by atoms with van der Waals surface area (Å²) in [5.41, 5.74) is 1.32. The molecule has 96 valence electrons. The molecule has 2 aromatic rings. The van der Waals surface area contributed by atoms with Crippen LogP contribution >= 0.6 is 12.6 Å². The Hall–Kier alpha value is -1.61. The van der Waals surface area contributed by atoms with Crippen molar-refractivity contribution in [1.29, 1.82) is 0 Å². The Morgan fingerprint density at radius 2 is 1.56 bits per heavy atom. The standard InChI is InChI=1S/C8H10O2S.C7H8/c1-9-6-3-4-7(10-2)8(11)5-6;1-7-5-3-2-4-6-7/h3-5,11H,1-2H3;2-6H,1H3. The first-order valence-corrected chi connectivity index (χ1v) is 6.04. The zero-order valence-electron chi connectivity index (χ0n) is 10.9. The van der Waals surface area contributed by atoms with Gasteiger partial charge in [-0.2, -0.15) is 0 Å². The largest absolute Gasteiger partial charge is 0.497 e. The third-order valence-corrected chi connectivity index (χ3v) is 2.68. The van der Waals surface area contributed by atoms with Crippen molar-refractivity contribution in [3.63, 3.8) is 0 Å². The van der Waals surface area contributed by atoms with Gasteiger partial charge in [-0.15, -0.1) is 12.6 Å². The van der Waals surface area contributed by atoms with Crippen LogP contribution in [0.1, 0.15) is 5.56 Å². The molecule has 2 nitrogen and oxygen atoms in total. The summed E-state index contributed by atoms with van der Waals surface area (Å²) in [6.45, 7) is 2.08. The minimum atomic E-state index is 0.758. The number of ether oxygens (including phenoxy) is 2. The van der Waals surface area contributed by atoms with Crippen LogP contribution in [0, 0.1) is 6.92 Å². The molecular formula is C15H18O2S. The highest BCUT2D eigenvalue weighted by Crippen LogP contribution is 2.26. The summed E-state index contributed by atoms with van der Waals surface area (Å²) < 4.78 is 10.0. The molecular weight excluding hydrogens is 244 g/mol. The lowest BCUT2D eigenvalue weighted by Gasteiger charge is -2.04. The molecule has 0 N–H and O–H groups in total. The van der Waals surface area contributed by atoms with E-state index in [-0.39, 0.29) is 0 Å². The molecule has 0 bridgehead atoms. The van der Waals surface area contributed by atoms with Gasteiger partial charge in [-0.1, -0.05) is 35.9 Å². The Bertz CT molecular complexity index is 469. The highest BCUT2D eigenvalue weighted by atomic mass is 32.1. The number of methoxy groups -OCH3 is 2. The van der Waals surface area contributed by atoms with Crippen molar-refractivity contribution in [3.05, 3.63) is 54.1 Å². The molecule has 0 aromatic heterocycles. The van der Waals surface area contributed by atoms with E-state index in [9.17, 15) is 0 Å². The maximum absolute atomic E-state index is 5.01. The van der Waals surface area contributed by atoms with E-state index in [2.05, 4.69) is 31.7 Å². The van der Waals surface area contributed by atoms with E-state index < -0.39 is 0 Å². The average Bonchev–Trinajstić information content (AvgIpc) is 2.40. The third kappa shape index (κ3) is 4.72. The molecule has 0 aliphatic carbocycles. The summed E-state index contributed by atoms with van der Waals surface area (Å²) in [6.07, 6.45) is 0. The zero-order chi connectivity index (χ0) is 13.4. The Balaban J connectivity index is 0.000000199. The maximum Gasteiger partial charge on any atom is 0.132 e. The fourth-order valence-corrected chi connectivity index (χ4v) is 1.62. The highest BCUT2D eigenvalue weighted by molar-refractivity contribution is 7.80. The van der Waals surface area contributed by atoms with Crippen molar-refractivity contribution < 1.29 is 9.47 Å². The van der Waals surface area contributed by atoms with Gasteiger partial charge in [-0.05, 0) is 25.1 Å². The van der Waals surface area contributed by atoms with Gasteiger partial charge in [0.1, 0.15) is 11.5 Å². The van der Waals surface area contributed by atoms with Crippen LogP contribution in [0.3, 0.4) is 0 Å². The molecule has 0 aliphatic rings. The average molecular weight is 262 g/mol. The summed E-state index contributed by atoms with van der Waals surface area (Å²) >= 11 is 4.20. The van der Waals surface area contributed by atoms with E-state index >= 15 is 0 Å². The van der Waals surface area contributed by atoms with Crippen LogP contribution in [0.25, 0.3) is 0 Å². The van der Waals surface area contributed by atoms with Gasteiger partial charge in [-0.25, -0.2) is 0 Å². The molecule has 2 rings (SSSR count). The van der Waals surface area contributed by atoms with E-state index in [0.29, 0.717) is 0 Å². The van der Waals surface area contributed by atoms with Crippen molar-refractivity contribution in [1.82, 2.24) is 0 Å². The van der Waals surface area contributed by atoms with Crippen molar-refractivity contribution >= 4 is 12.6 Å². The van der Waals surface area contributed by atoms with Gasteiger partial charge in [0.05, 0.1) is 14.2 Å². The number of hydrogen-bond acceptors (Lipinski definition) is 3. The second kappa shape index (κ2) is 7.67. The van der Waals surface area contributed by atoms with E-state index in [4.69, 9.17) is 9.47 Å². The topological polar surface area (TPSA) is 18.5 Å². The molecule has 0 aliphatic heterocycles. The monoisotopic (exact) mass is 262 g/mol. The lowest BCUT2D eigenvalue weighted by atomic mass is 10.2. The fraction of sp³-hybridized carbons (Fsp3) is 0.200. The van der Waals surface area contributed by atoms with Crippen molar-refractivity contribution in [2.45, 2.75) is 11.8 Å². The lowest BCUT2D eigenvalue weighted by Crippen LogP contribution is -1.86. The van der Waals surface area contributed by atoms with Crippen molar-refractivity contribution in [3.8, 4) is 11.5 Å². The van der Waals surface area contributed by atoms with Gasteiger partial charge >= 0.3 is 0 Å². The first-order valence-electron chi connectivity index (χ1n) is 5.60. The number of thiol groups is 1. The highest BCUT2D eigenvalue weighted by Gasteiger charge is 1.98. The first kappa shape index (κ1) is 14.5. The molecule has 0 amide bonds. The third-order valence-electron chi connectivity index (χ3n) is 2.33. The van der Waals surface area contributed by atoms with Gasteiger partial charge in [0.25, 0.3) is 0 Å². The molecule has 3 heteroatoms. The summed E-state index contributed by atoms with van der Waals surface area (Å²) in [4.78, 5) is 0.784. The van der Waals surface area contributed by atoms with Crippen LogP contribution in [-0.4, -0.2) is 14.2 Å². The molecule has 0 unspecified atom stereocenters. The lowest BCUT2D eigenvalue weighted by molar-refractivity contribution is 0.394. The van der Waals surface area contributed by atoms with E-state index in [1.165, 1.54) is 5.56 Å². The van der Waals surface area contributed by atoms with Crippen LogP contribution in [0.4, 0.5) is 0 Å². The smallest absolute Gasteiger partial charge is 0.132 e. The number of hydrogen-bond donors (Lipinski definition) is 1. The van der Waals surface area contributed by atoms with Crippen LogP contribution in [0.15, 0.2) is 53.4 Å². The fourth-order valence-electron chi connectivity index (χ4n) is 1.33. The van der Waals surface area contributed by atoms with Crippen LogP contribution in [0.5, 0.6) is 11.5 Å². The minimum Gasteiger partial charge on any atom is -0.497 e. The van der Waals surface area contributed by atoms with Gasteiger partial charge in [-0.3, -0.25) is 0 Å². The molecule has 2 aromatic carbocycles. The Kier molecular flexibility index (Phi) is 6.15. The molecule has 0 radical (unpaired) electrons. The van der Waals surface area contributed by atoms with Gasteiger partial charge < -0.3 is 9.47 Å². The predicted octanol–water partition coefficient (Wildman–Crippen LogP) is 3.99. The predicted molar refractivity (Wildman–Crippen MR) is 78.0 cm³/mol. The zero-order valence-corrected chi connectivity index (χ0v) is 11.8. The molecule has 0 spiro atoms. The Morgan fingerprint density at radius 3 is 1.94 bits per heavy atom. The summed E-state index contributed by atoms with van der Waals surface area (Å²) in [5, 5.41) is 0. The van der Waals surface area contributed by atoms with Gasteiger partial charge in [0.2, 0.25) is 0 Å². The summed E-state index contributed by atoms with van der Waals surface area (Å²) in [7, 11) is 3.23. The van der Waals surface area contributed by atoms with Crippen molar-refractivity contribution in [2.75, 3.05) is 14.2 Å². The maximum atomic E-state index is 5.01. The molecule has 0 atom stereocenters. The second-order valence-electron chi connectivity index (χ2n) is 3.69. The molecule has 0 saturated heterocycles. The van der Waals surface area contributed by atoms with Gasteiger partial charge in [0, 0.05) is 4.90 Å². The molecule has 0 heterocycles. The number of rotatable bonds is 2. The molecule has 18 heavy (non-hydrogen) atoms. The SMILES string of the molecule is COc1ccc(OC)c(S)c1.Cc1ccccc1. The summed E-state index contributed by atoms with van der Waals surface area (Å²) in [6, 6.07) is 15.7. The first-order chi connectivity index (χ1) is 8.67. The second-order valence-corrected chi connectivity index (χ2v) is 4.17. The quantitative estimate of drug-likeness (QED) is 0.825. The molecule has 0 fully saturated rings. The number of aryl methyl sites for hydroxylation is 1. The molecule has 0 saturated carbocycles. The number of benzene rings is 2. The van der Waals surface area contributed by atoms with E-state index in [1.807, 2.05) is 36.4 Å². The Morgan fingerprint density at radius 1 is 0.889 bits per heavy atom. The van der Waals surface area contributed by atoms with Crippen molar-refractivity contribution in [2.24, 2.45) is 0 Å². The van der Waals surface area contributed by atoms with Crippen LogP contribution in [-0.2, 0) is 0 Å². The van der Waals surface area contributed by atoms with Gasteiger partial charge in [0.15, 0.2) is 0 Å². The minimum absolute atomic E-state index is 0.758. The summed E-state index contributed by atoms with van der Waals surface area (Å²) in [5.74, 6) is 1.55. The normalized spacial score (nSPS) is 9.11. The van der Waals surface area contributed by atoms with E-state index in [0.717, 1.165) is 16.4 Å². The van der Waals surface area contributed by atoms with Crippen LogP contribution < -0.4 is 9.47 Å². The Labute approximate surface area is 114 Å². The van der Waals surface area contributed by atoms with Crippen LogP contribution in [0.2, 0.25) is 0 Å². The van der Waals surface area contributed by atoms with E-state index in [1.54, 1.807) is 14.2 Å².